The van der Waals surface area contributed by atoms with Crippen molar-refractivity contribution in [2.45, 2.75) is 70.3 Å². The molecule has 1 aromatic heterocycles. The molecule has 5 aromatic rings. The van der Waals surface area contributed by atoms with Gasteiger partial charge in [0.05, 0.1) is 13.2 Å². The SMILES string of the molecule is CC(=O)OC[C@]1(CO[Si](c2ccccc2)(c2ccccc2)C(C)(C)C)O[C@@H](n2ccc(NC(=O)c3ccccc3)nc2=O)[C@H](OC(C)=O)[C@@H]1OCc1ccccc1. The van der Waals surface area contributed by atoms with Crippen molar-refractivity contribution in [2.24, 2.45) is 0 Å². The number of rotatable bonds is 14. The van der Waals surface area contributed by atoms with Gasteiger partial charge in [-0.25, -0.2) is 4.79 Å². The molecule has 296 valence electrons. The Kier molecular flexibility index (Phi) is 12.6. The van der Waals surface area contributed by atoms with Gasteiger partial charge in [-0.05, 0) is 39.2 Å². The van der Waals surface area contributed by atoms with Crippen molar-refractivity contribution in [2.75, 3.05) is 18.5 Å². The molecule has 12 nitrogen and oxygen atoms in total. The highest BCUT2D eigenvalue weighted by atomic mass is 28.4. The Morgan fingerprint density at radius 3 is 1.88 bits per heavy atom. The predicted octanol–water partition coefficient (Wildman–Crippen LogP) is 5.42. The van der Waals surface area contributed by atoms with Gasteiger partial charge < -0.3 is 28.7 Å². The number of carbonyl (C=O) groups is 3. The minimum atomic E-state index is -3.26. The number of amides is 1. The lowest BCUT2D eigenvalue weighted by molar-refractivity contribution is -0.180. The number of hydrogen-bond donors (Lipinski definition) is 1. The molecular weight excluding hydrogens is 743 g/mol. The molecule has 0 bridgehead atoms. The molecule has 0 spiro atoms. The van der Waals surface area contributed by atoms with Crippen LogP contribution < -0.4 is 21.4 Å². The molecule has 0 radical (unpaired) electrons. The maximum Gasteiger partial charge on any atom is 0.351 e. The first-order chi connectivity index (χ1) is 27.3. The van der Waals surface area contributed by atoms with Crippen molar-refractivity contribution in [3.05, 3.63) is 155 Å². The van der Waals surface area contributed by atoms with E-state index in [2.05, 4.69) is 55.3 Å². The topological polar surface area (TPSA) is 144 Å². The summed E-state index contributed by atoms with van der Waals surface area (Å²) in [7, 11) is -3.26. The van der Waals surface area contributed by atoms with Crippen molar-refractivity contribution in [1.29, 1.82) is 0 Å². The summed E-state index contributed by atoms with van der Waals surface area (Å²) in [6.07, 6.45) is -2.33. The number of esters is 2. The first-order valence-electron chi connectivity index (χ1n) is 18.7. The zero-order valence-corrected chi connectivity index (χ0v) is 33.6. The van der Waals surface area contributed by atoms with Gasteiger partial charge in [-0.2, -0.15) is 4.98 Å². The van der Waals surface area contributed by atoms with Crippen LogP contribution in [0, 0.1) is 0 Å². The van der Waals surface area contributed by atoms with Crippen LogP contribution in [-0.2, 0) is 39.6 Å². The highest BCUT2D eigenvalue weighted by molar-refractivity contribution is 6.99. The molecule has 1 aliphatic rings. The maximum atomic E-state index is 13.9. The Balaban J connectivity index is 1.47. The van der Waals surface area contributed by atoms with Gasteiger partial charge in [0.15, 0.2) is 17.9 Å². The van der Waals surface area contributed by atoms with Crippen LogP contribution in [0.5, 0.6) is 0 Å². The molecule has 4 atom stereocenters. The van der Waals surface area contributed by atoms with Gasteiger partial charge in [-0.3, -0.25) is 19.0 Å². The van der Waals surface area contributed by atoms with E-state index in [0.717, 1.165) is 15.9 Å². The number of benzene rings is 4. The molecule has 1 N–H and O–H groups in total. The summed E-state index contributed by atoms with van der Waals surface area (Å²) in [5, 5.41) is 4.19. The summed E-state index contributed by atoms with van der Waals surface area (Å²) in [6, 6.07) is 39.4. The Labute approximate surface area is 332 Å². The second-order valence-corrected chi connectivity index (χ2v) is 19.2. The Hall–Kier alpha value is -5.73. The maximum absolute atomic E-state index is 13.9. The monoisotopic (exact) mass is 789 g/mol. The predicted molar refractivity (Wildman–Crippen MR) is 217 cm³/mol. The molecule has 0 saturated carbocycles. The number of aromatic nitrogens is 2. The summed E-state index contributed by atoms with van der Waals surface area (Å²) in [6.45, 7) is 8.40. The molecule has 1 fully saturated rings. The normalized spacial score (nSPS) is 19.4. The summed E-state index contributed by atoms with van der Waals surface area (Å²) in [5.74, 6) is -1.70. The van der Waals surface area contributed by atoms with E-state index in [1.165, 1.54) is 30.7 Å². The van der Waals surface area contributed by atoms with E-state index in [-0.39, 0.29) is 25.6 Å². The minimum absolute atomic E-state index is 0.00482. The highest BCUT2D eigenvalue weighted by Crippen LogP contribution is 2.44. The van der Waals surface area contributed by atoms with Crippen LogP contribution in [0.2, 0.25) is 5.04 Å². The summed E-state index contributed by atoms with van der Waals surface area (Å²) < 4.78 is 33.9. The fourth-order valence-corrected chi connectivity index (χ4v) is 11.9. The van der Waals surface area contributed by atoms with E-state index in [0.29, 0.717) is 5.56 Å². The van der Waals surface area contributed by atoms with Gasteiger partial charge in [-0.1, -0.05) is 130 Å². The fraction of sp³-hybridized carbons (Fsp3) is 0.295. The van der Waals surface area contributed by atoms with Crippen molar-refractivity contribution in [1.82, 2.24) is 9.55 Å². The van der Waals surface area contributed by atoms with Crippen molar-refractivity contribution >= 4 is 42.4 Å². The molecule has 6 rings (SSSR count). The quantitative estimate of drug-likeness (QED) is 0.114. The van der Waals surface area contributed by atoms with E-state index in [1.807, 2.05) is 66.7 Å². The van der Waals surface area contributed by atoms with Gasteiger partial charge in [0.2, 0.25) is 0 Å². The number of ether oxygens (including phenoxy) is 4. The van der Waals surface area contributed by atoms with Crippen LogP contribution >= 0.6 is 0 Å². The molecule has 0 aliphatic carbocycles. The Morgan fingerprint density at radius 2 is 1.35 bits per heavy atom. The largest absolute Gasteiger partial charge is 0.463 e. The van der Waals surface area contributed by atoms with Crippen molar-refractivity contribution < 1.29 is 37.8 Å². The smallest absolute Gasteiger partial charge is 0.351 e. The lowest BCUT2D eigenvalue weighted by Gasteiger charge is -2.45. The molecule has 1 amide bonds. The second-order valence-electron chi connectivity index (χ2n) is 14.9. The zero-order chi connectivity index (χ0) is 40.6. The van der Waals surface area contributed by atoms with Gasteiger partial charge in [0.25, 0.3) is 14.2 Å². The minimum Gasteiger partial charge on any atom is -0.463 e. The molecule has 4 aromatic carbocycles. The second kappa shape index (κ2) is 17.6. The number of nitrogens with one attached hydrogen (secondary N) is 1. The molecule has 1 aliphatic heterocycles. The van der Waals surface area contributed by atoms with Crippen LogP contribution in [0.25, 0.3) is 0 Å². The third kappa shape index (κ3) is 9.13. The molecule has 0 unspecified atom stereocenters. The van der Waals surface area contributed by atoms with E-state index in [4.69, 9.17) is 23.4 Å². The highest BCUT2D eigenvalue weighted by Gasteiger charge is 2.62. The number of hydrogen-bond acceptors (Lipinski definition) is 10. The van der Waals surface area contributed by atoms with Crippen molar-refractivity contribution in [3.8, 4) is 0 Å². The van der Waals surface area contributed by atoms with Gasteiger partial charge in [-0.15, -0.1) is 0 Å². The number of carbonyl (C=O) groups excluding carboxylic acids is 3. The Bertz CT molecular complexity index is 2160. The number of nitrogens with zero attached hydrogens (tertiary/aromatic N) is 2. The Morgan fingerprint density at radius 1 is 0.789 bits per heavy atom. The lowest BCUT2D eigenvalue weighted by Crippen LogP contribution is -2.68. The van der Waals surface area contributed by atoms with E-state index >= 15 is 0 Å². The third-order valence-corrected chi connectivity index (χ3v) is 14.9. The summed E-state index contributed by atoms with van der Waals surface area (Å²) in [5.41, 5.74) is -1.25. The average molecular weight is 790 g/mol. The first kappa shape index (κ1) is 40.9. The molecule has 13 heteroatoms. The van der Waals surface area contributed by atoms with E-state index < -0.39 is 60.9 Å². The van der Waals surface area contributed by atoms with Crippen LogP contribution in [0.15, 0.2) is 138 Å². The van der Waals surface area contributed by atoms with Crippen LogP contribution in [0.3, 0.4) is 0 Å². The van der Waals surface area contributed by atoms with Gasteiger partial charge in [0.1, 0.15) is 18.5 Å². The van der Waals surface area contributed by atoms with Crippen LogP contribution in [-0.4, -0.2) is 66.7 Å². The van der Waals surface area contributed by atoms with Gasteiger partial charge in [0, 0.05) is 25.6 Å². The van der Waals surface area contributed by atoms with Crippen molar-refractivity contribution in [3.63, 3.8) is 0 Å². The summed E-state index contributed by atoms with van der Waals surface area (Å²) in [4.78, 5) is 56.4. The standard InChI is InChI=1S/C44H47N3O9Si/c1-31(48)53-29-44(30-54-57(43(3,4)5,35-22-14-8-15-23-35)36-24-16-9-17-25-36)39(52-28-33-18-10-6-11-19-33)38(55-32(2)49)41(56-44)47-27-26-37(46-42(47)51)45-40(50)34-20-12-7-13-21-34/h6-27,38-39,41H,28-30H2,1-5H3,(H,45,46,50,51)/t38-,39+,41-,44-/m1/s1. The van der Waals surface area contributed by atoms with Crippen LogP contribution in [0.1, 0.15) is 56.8 Å². The fourth-order valence-electron chi connectivity index (χ4n) is 7.30. The van der Waals surface area contributed by atoms with E-state index in [1.54, 1.807) is 30.3 Å². The summed E-state index contributed by atoms with van der Waals surface area (Å²) >= 11 is 0. The molecule has 2 heterocycles. The zero-order valence-electron chi connectivity index (χ0n) is 32.6. The van der Waals surface area contributed by atoms with Gasteiger partial charge >= 0.3 is 17.6 Å². The first-order valence-corrected chi connectivity index (χ1v) is 20.6. The van der Waals surface area contributed by atoms with Crippen LogP contribution in [0.4, 0.5) is 5.82 Å². The lowest BCUT2D eigenvalue weighted by atomic mass is 9.96. The number of anilines is 1. The third-order valence-electron chi connectivity index (χ3n) is 9.88. The molecule has 1 saturated heterocycles. The molecule has 57 heavy (non-hydrogen) atoms. The average Bonchev–Trinajstić information content (AvgIpc) is 3.49. The molecular formula is C44H47N3O9Si. The van der Waals surface area contributed by atoms with E-state index in [9.17, 15) is 19.2 Å².